The molecule has 10 nitrogen and oxygen atoms in total. The monoisotopic (exact) mass is 400 g/mol. The van der Waals surface area contributed by atoms with Gasteiger partial charge in [0.25, 0.3) is 11.6 Å². The number of carbonyl (C=O) groups excluding carboxylic acids is 1. The van der Waals surface area contributed by atoms with Gasteiger partial charge in [-0.05, 0) is 30.3 Å². The van der Waals surface area contributed by atoms with Gasteiger partial charge in [-0.25, -0.2) is 14.1 Å². The number of amides is 1. The summed E-state index contributed by atoms with van der Waals surface area (Å²) in [6.07, 6.45) is 2.62. The summed E-state index contributed by atoms with van der Waals surface area (Å²) in [6, 6.07) is 8.10. The fourth-order valence-electron chi connectivity index (χ4n) is 2.57. The highest BCUT2D eigenvalue weighted by atomic mass is 19.1. The molecule has 0 aliphatic rings. The average molecular weight is 400 g/mol. The molecular formula is C18H17FN6O4. The van der Waals surface area contributed by atoms with Gasteiger partial charge in [0.2, 0.25) is 0 Å². The Balaban J connectivity index is 1.77. The molecule has 0 bridgehead atoms. The summed E-state index contributed by atoms with van der Waals surface area (Å²) in [7, 11) is 1.52. The van der Waals surface area contributed by atoms with Crippen molar-refractivity contribution in [2.24, 2.45) is 0 Å². The van der Waals surface area contributed by atoms with Crippen LogP contribution in [-0.4, -0.2) is 45.9 Å². The van der Waals surface area contributed by atoms with E-state index in [9.17, 15) is 19.3 Å². The number of nitrogens with one attached hydrogen (secondary N) is 2. The zero-order chi connectivity index (χ0) is 20.8. The van der Waals surface area contributed by atoms with Crippen molar-refractivity contribution in [2.45, 2.75) is 0 Å². The molecule has 3 aromatic rings. The Morgan fingerprint density at radius 2 is 2.14 bits per heavy atom. The third-order valence-electron chi connectivity index (χ3n) is 3.95. The van der Waals surface area contributed by atoms with Crippen LogP contribution in [0.4, 0.5) is 21.5 Å². The average Bonchev–Trinajstić information content (AvgIpc) is 3.22. The van der Waals surface area contributed by atoms with Gasteiger partial charge < -0.3 is 15.4 Å². The molecule has 11 heteroatoms. The highest BCUT2D eigenvalue weighted by Crippen LogP contribution is 2.26. The van der Waals surface area contributed by atoms with Crippen molar-refractivity contribution < 1.29 is 18.8 Å². The number of nitro groups is 1. The van der Waals surface area contributed by atoms with Gasteiger partial charge in [-0.15, -0.1) is 0 Å². The minimum Gasteiger partial charge on any atom is -0.383 e. The molecule has 0 spiro atoms. The van der Waals surface area contributed by atoms with Crippen molar-refractivity contribution in [3.8, 4) is 5.69 Å². The molecule has 2 aromatic carbocycles. The van der Waals surface area contributed by atoms with Gasteiger partial charge >= 0.3 is 0 Å². The van der Waals surface area contributed by atoms with E-state index in [0.717, 1.165) is 12.1 Å². The lowest BCUT2D eigenvalue weighted by molar-refractivity contribution is -0.384. The molecule has 0 fully saturated rings. The first-order valence-corrected chi connectivity index (χ1v) is 8.46. The number of ether oxygens (including phenoxy) is 1. The number of nitro benzene ring substituents is 1. The highest BCUT2D eigenvalue weighted by Gasteiger charge is 2.18. The molecule has 1 heterocycles. The number of hydrogen-bond acceptors (Lipinski definition) is 7. The van der Waals surface area contributed by atoms with Gasteiger partial charge in [0, 0.05) is 31.0 Å². The quantitative estimate of drug-likeness (QED) is 0.338. The van der Waals surface area contributed by atoms with E-state index in [1.807, 2.05) is 0 Å². The molecule has 2 N–H and O–H groups in total. The molecule has 1 aromatic heterocycles. The minimum atomic E-state index is -0.614. The van der Waals surface area contributed by atoms with E-state index < -0.39 is 16.6 Å². The molecule has 0 aliphatic carbocycles. The SMILES string of the molecule is COCCNc1ccc(C(=O)Nc2ccc(-n3cncn3)c(F)c2)cc1[N+](=O)[O-]. The fourth-order valence-corrected chi connectivity index (χ4v) is 2.57. The summed E-state index contributed by atoms with van der Waals surface area (Å²) in [5.41, 5.74) is 0.451. The molecule has 0 radical (unpaired) electrons. The molecule has 0 unspecified atom stereocenters. The molecule has 0 aliphatic heterocycles. The molecule has 0 atom stereocenters. The summed E-state index contributed by atoms with van der Waals surface area (Å²) in [4.78, 5) is 26.9. The predicted octanol–water partition coefficient (Wildman–Crippen LogP) is 2.63. The molecule has 29 heavy (non-hydrogen) atoms. The fraction of sp³-hybridized carbons (Fsp3) is 0.167. The van der Waals surface area contributed by atoms with Crippen molar-refractivity contribution >= 4 is 23.0 Å². The maximum absolute atomic E-state index is 14.3. The standard InChI is InChI=1S/C18H17FN6O4/c1-29-7-6-21-15-4-2-12(8-17(15)25(27)28)18(26)23-13-3-5-16(14(19)9-13)24-11-20-10-22-24/h2-5,8-11,21H,6-7H2,1H3,(H,23,26). The maximum atomic E-state index is 14.3. The summed E-state index contributed by atoms with van der Waals surface area (Å²) >= 11 is 0. The number of halogens is 1. The van der Waals surface area contributed by atoms with Crippen LogP contribution >= 0.6 is 0 Å². The number of carbonyl (C=O) groups is 1. The Bertz CT molecular complexity index is 1030. The summed E-state index contributed by atoms with van der Waals surface area (Å²) in [5.74, 6) is -1.22. The van der Waals surface area contributed by atoms with E-state index in [-0.39, 0.29) is 28.3 Å². The van der Waals surface area contributed by atoms with Crippen LogP contribution < -0.4 is 10.6 Å². The van der Waals surface area contributed by atoms with E-state index in [0.29, 0.717) is 13.2 Å². The number of rotatable bonds is 8. The third-order valence-corrected chi connectivity index (χ3v) is 3.95. The van der Waals surface area contributed by atoms with Gasteiger partial charge in [-0.1, -0.05) is 0 Å². The molecular weight excluding hydrogens is 383 g/mol. The number of aromatic nitrogens is 3. The van der Waals surface area contributed by atoms with E-state index in [1.54, 1.807) is 0 Å². The van der Waals surface area contributed by atoms with Crippen LogP contribution in [0.15, 0.2) is 49.1 Å². The highest BCUT2D eigenvalue weighted by molar-refractivity contribution is 6.05. The number of nitrogens with zero attached hydrogens (tertiary/aromatic N) is 4. The smallest absolute Gasteiger partial charge is 0.293 e. The van der Waals surface area contributed by atoms with Crippen LogP contribution in [0.2, 0.25) is 0 Å². The largest absolute Gasteiger partial charge is 0.383 e. The second-order valence-electron chi connectivity index (χ2n) is 5.87. The first-order valence-electron chi connectivity index (χ1n) is 8.46. The van der Waals surface area contributed by atoms with Crippen LogP contribution in [0.5, 0.6) is 0 Å². The van der Waals surface area contributed by atoms with E-state index in [2.05, 4.69) is 20.7 Å². The molecule has 0 saturated heterocycles. The Kier molecular flexibility index (Phi) is 6.09. The number of methoxy groups -OCH3 is 1. The summed E-state index contributed by atoms with van der Waals surface area (Å²) in [6.45, 7) is 0.746. The normalized spacial score (nSPS) is 10.6. The number of benzene rings is 2. The lowest BCUT2D eigenvalue weighted by atomic mass is 10.1. The Morgan fingerprint density at radius 3 is 2.79 bits per heavy atom. The minimum absolute atomic E-state index is 0.0646. The van der Waals surface area contributed by atoms with Gasteiger partial charge in [0.15, 0.2) is 5.82 Å². The molecule has 1 amide bonds. The topological polar surface area (TPSA) is 124 Å². The Morgan fingerprint density at radius 1 is 1.31 bits per heavy atom. The van der Waals surface area contributed by atoms with Crippen molar-refractivity contribution in [3.05, 3.63) is 70.5 Å². The number of hydrogen-bond donors (Lipinski definition) is 2. The van der Waals surface area contributed by atoms with Crippen molar-refractivity contribution in [1.82, 2.24) is 14.8 Å². The van der Waals surface area contributed by atoms with Crippen molar-refractivity contribution in [3.63, 3.8) is 0 Å². The van der Waals surface area contributed by atoms with Crippen molar-refractivity contribution in [1.29, 1.82) is 0 Å². The lowest BCUT2D eigenvalue weighted by Gasteiger charge is -2.10. The van der Waals surface area contributed by atoms with E-state index in [1.165, 1.54) is 48.7 Å². The van der Waals surface area contributed by atoms with Gasteiger partial charge in [-0.3, -0.25) is 14.9 Å². The van der Waals surface area contributed by atoms with E-state index in [4.69, 9.17) is 4.74 Å². The van der Waals surface area contributed by atoms with Gasteiger partial charge in [-0.2, -0.15) is 5.10 Å². The Labute approximate surface area is 164 Å². The van der Waals surface area contributed by atoms with E-state index >= 15 is 0 Å². The molecule has 0 saturated carbocycles. The Hall–Kier alpha value is -3.86. The van der Waals surface area contributed by atoms with Crippen LogP contribution in [0.3, 0.4) is 0 Å². The maximum Gasteiger partial charge on any atom is 0.293 e. The van der Waals surface area contributed by atoms with Gasteiger partial charge in [0.05, 0.1) is 11.5 Å². The first kappa shape index (κ1) is 19.9. The van der Waals surface area contributed by atoms with Crippen LogP contribution in [-0.2, 0) is 4.74 Å². The molecule has 3 rings (SSSR count). The second-order valence-corrected chi connectivity index (χ2v) is 5.87. The van der Waals surface area contributed by atoms with Crippen LogP contribution in [0.25, 0.3) is 5.69 Å². The third kappa shape index (κ3) is 4.71. The van der Waals surface area contributed by atoms with Crippen molar-refractivity contribution in [2.75, 3.05) is 30.9 Å². The summed E-state index contributed by atoms with van der Waals surface area (Å²) < 4.78 is 20.4. The predicted molar refractivity (Wildman–Crippen MR) is 103 cm³/mol. The molecule has 150 valence electrons. The summed E-state index contributed by atoms with van der Waals surface area (Å²) in [5, 5.41) is 20.6. The lowest BCUT2D eigenvalue weighted by Crippen LogP contribution is -2.14. The second kappa shape index (κ2) is 8.89. The zero-order valence-electron chi connectivity index (χ0n) is 15.3. The zero-order valence-corrected chi connectivity index (χ0v) is 15.3. The van der Waals surface area contributed by atoms with Crippen LogP contribution in [0.1, 0.15) is 10.4 Å². The van der Waals surface area contributed by atoms with Gasteiger partial charge in [0.1, 0.15) is 24.0 Å². The first-order chi connectivity index (χ1) is 14.0. The number of anilines is 2. The van der Waals surface area contributed by atoms with Crippen LogP contribution in [0, 0.1) is 15.9 Å².